The van der Waals surface area contributed by atoms with Gasteiger partial charge >= 0.3 is 11.9 Å². The number of imidazole rings is 1. The molecule has 0 aliphatic rings. The normalized spacial score (nSPS) is 12.0. The van der Waals surface area contributed by atoms with E-state index in [2.05, 4.69) is 20.1 Å². The molecule has 4 rings (SSSR count). The highest BCUT2D eigenvalue weighted by atomic mass is 19.4. The van der Waals surface area contributed by atoms with Crippen molar-refractivity contribution in [1.29, 1.82) is 0 Å². The van der Waals surface area contributed by atoms with Gasteiger partial charge in [-0.2, -0.15) is 18.3 Å². The van der Waals surface area contributed by atoms with Crippen molar-refractivity contribution in [3.8, 4) is 5.69 Å². The predicted octanol–water partition coefficient (Wildman–Crippen LogP) is 1.86. The molecular weight excluding hydrogens is 377 g/mol. The van der Waals surface area contributed by atoms with E-state index in [4.69, 9.17) is 0 Å². The zero-order valence-corrected chi connectivity index (χ0v) is 14.2. The Morgan fingerprint density at radius 1 is 1.18 bits per heavy atom. The van der Waals surface area contributed by atoms with E-state index in [-0.39, 0.29) is 23.4 Å². The van der Waals surface area contributed by atoms with Crippen molar-refractivity contribution in [2.45, 2.75) is 19.1 Å². The van der Waals surface area contributed by atoms with Crippen LogP contribution in [0, 0.1) is 0 Å². The average Bonchev–Trinajstić information content (AvgIpc) is 3.29. The predicted molar refractivity (Wildman–Crippen MR) is 93.2 cm³/mol. The van der Waals surface area contributed by atoms with Gasteiger partial charge in [-0.05, 0) is 18.1 Å². The van der Waals surface area contributed by atoms with E-state index < -0.39 is 23.0 Å². The summed E-state index contributed by atoms with van der Waals surface area (Å²) in [7, 11) is 0. The van der Waals surface area contributed by atoms with Crippen LogP contribution < -0.4 is 11.2 Å². The summed E-state index contributed by atoms with van der Waals surface area (Å²) in [5, 5.41) is 4.08. The Morgan fingerprint density at radius 3 is 2.79 bits per heavy atom. The first kappa shape index (κ1) is 17.8. The zero-order valence-electron chi connectivity index (χ0n) is 14.2. The molecule has 2 N–H and O–H groups in total. The van der Waals surface area contributed by atoms with Crippen molar-refractivity contribution >= 4 is 11.2 Å². The monoisotopic (exact) mass is 390 g/mol. The molecule has 11 heteroatoms. The van der Waals surface area contributed by atoms with E-state index in [9.17, 15) is 22.8 Å². The van der Waals surface area contributed by atoms with Crippen LogP contribution in [-0.2, 0) is 19.1 Å². The molecule has 8 nitrogen and oxygen atoms in total. The third kappa shape index (κ3) is 3.21. The first-order chi connectivity index (χ1) is 13.3. The number of nitrogens with zero attached hydrogens (tertiary/aromatic N) is 4. The number of fused-ring (bicyclic) bond motifs is 1. The Labute approximate surface area is 154 Å². The summed E-state index contributed by atoms with van der Waals surface area (Å²) < 4.78 is 40.8. The van der Waals surface area contributed by atoms with Gasteiger partial charge < -0.3 is 4.98 Å². The minimum atomic E-state index is -4.40. The second-order valence-corrected chi connectivity index (χ2v) is 6.11. The van der Waals surface area contributed by atoms with Gasteiger partial charge in [0.1, 0.15) is 5.52 Å². The van der Waals surface area contributed by atoms with Gasteiger partial charge in [-0.25, -0.2) is 14.3 Å². The smallest absolute Gasteiger partial charge is 0.339 e. The molecule has 4 aromatic rings. The molecule has 144 valence electrons. The number of halogens is 3. The van der Waals surface area contributed by atoms with Crippen LogP contribution in [-0.4, -0.2) is 29.3 Å². The maximum Gasteiger partial charge on any atom is 0.416 e. The zero-order chi connectivity index (χ0) is 19.9. The molecule has 0 aliphatic heterocycles. The maximum atomic E-state index is 12.8. The third-order valence-corrected chi connectivity index (χ3v) is 4.25. The fourth-order valence-corrected chi connectivity index (χ4v) is 2.89. The standard InChI is InChI=1S/C17H13F3N6O2/c18-17(19,20)11-3-1-2-10(6-11)4-5-25-8-12(7-23-25)26-15(27)13-14(22-9-21-13)24-16(26)28/h1-3,6-9H,4-5H2,(H,21,22)(H,24,28). The van der Waals surface area contributed by atoms with Gasteiger partial charge in [-0.15, -0.1) is 0 Å². The van der Waals surface area contributed by atoms with Gasteiger partial charge in [0.15, 0.2) is 5.65 Å². The number of hydrogen-bond acceptors (Lipinski definition) is 4. The van der Waals surface area contributed by atoms with E-state index in [1.807, 2.05) is 0 Å². The summed E-state index contributed by atoms with van der Waals surface area (Å²) in [5.74, 6) is 0. The summed E-state index contributed by atoms with van der Waals surface area (Å²) in [6, 6.07) is 5.05. The molecule has 0 aliphatic carbocycles. The fourth-order valence-electron chi connectivity index (χ4n) is 2.89. The molecule has 28 heavy (non-hydrogen) atoms. The number of aromatic nitrogens is 6. The van der Waals surface area contributed by atoms with Crippen molar-refractivity contribution in [2.24, 2.45) is 0 Å². The van der Waals surface area contributed by atoms with Gasteiger partial charge in [-0.3, -0.25) is 14.5 Å². The lowest BCUT2D eigenvalue weighted by molar-refractivity contribution is -0.137. The Balaban J connectivity index is 1.58. The molecule has 1 aromatic carbocycles. The summed E-state index contributed by atoms with van der Waals surface area (Å²) in [6.45, 7) is 0.278. The van der Waals surface area contributed by atoms with Gasteiger partial charge in [0.25, 0.3) is 5.56 Å². The maximum absolute atomic E-state index is 12.8. The Kier molecular flexibility index (Phi) is 4.13. The lowest BCUT2D eigenvalue weighted by atomic mass is 10.1. The molecule has 0 unspecified atom stereocenters. The van der Waals surface area contributed by atoms with Crippen molar-refractivity contribution in [3.05, 3.63) is 75.0 Å². The topological polar surface area (TPSA) is 101 Å². The first-order valence-electron chi connectivity index (χ1n) is 8.20. The molecular formula is C17H13F3N6O2. The number of aryl methyl sites for hydroxylation is 2. The molecule has 0 spiro atoms. The molecule has 0 bridgehead atoms. The van der Waals surface area contributed by atoms with Crippen LogP contribution in [0.15, 0.2) is 52.6 Å². The number of H-pyrrole nitrogens is 2. The van der Waals surface area contributed by atoms with Gasteiger partial charge in [0.05, 0.1) is 23.8 Å². The Hall–Kier alpha value is -3.63. The average molecular weight is 390 g/mol. The summed E-state index contributed by atoms with van der Waals surface area (Å²) in [6.07, 6.45) is 0.0144. The summed E-state index contributed by atoms with van der Waals surface area (Å²) in [5.41, 5.74) is -0.903. The molecule has 0 atom stereocenters. The number of rotatable bonds is 4. The molecule has 0 saturated carbocycles. The van der Waals surface area contributed by atoms with E-state index >= 15 is 0 Å². The van der Waals surface area contributed by atoms with Crippen molar-refractivity contribution in [1.82, 2.24) is 29.3 Å². The second-order valence-electron chi connectivity index (χ2n) is 6.11. The van der Waals surface area contributed by atoms with Crippen LogP contribution in [0.2, 0.25) is 0 Å². The Bertz CT molecular complexity index is 1260. The molecule has 3 heterocycles. The highest BCUT2D eigenvalue weighted by Gasteiger charge is 2.30. The van der Waals surface area contributed by atoms with Gasteiger partial charge in [0, 0.05) is 12.7 Å². The van der Waals surface area contributed by atoms with Crippen LogP contribution >= 0.6 is 0 Å². The van der Waals surface area contributed by atoms with Gasteiger partial charge in [0.2, 0.25) is 0 Å². The minimum Gasteiger partial charge on any atom is -0.339 e. The summed E-state index contributed by atoms with van der Waals surface area (Å²) >= 11 is 0. The molecule has 0 fully saturated rings. The molecule has 0 amide bonds. The SMILES string of the molecule is O=c1[nH]c2nc[nH]c2c(=O)n1-c1cnn(CCc2cccc(C(F)(F)F)c2)c1. The second kappa shape index (κ2) is 6.51. The van der Waals surface area contributed by atoms with Crippen LogP contribution in [0.4, 0.5) is 13.2 Å². The van der Waals surface area contributed by atoms with Crippen molar-refractivity contribution < 1.29 is 13.2 Å². The van der Waals surface area contributed by atoms with E-state index in [1.54, 1.807) is 6.07 Å². The highest BCUT2D eigenvalue weighted by molar-refractivity contribution is 5.68. The van der Waals surface area contributed by atoms with E-state index in [1.165, 1.54) is 29.5 Å². The van der Waals surface area contributed by atoms with Crippen molar-refractivity contribution in [2.75, 3.05) is 0 Å². The van der Waals surface area contributed by atoms with Crippen LogP contribution in [0.25, 0.3) is 16.9 Å². The van der Waals surface area contributed by atoms with Gasteiger partial charge in [-0.1, -0.05) is 18.2 Å². The lowest BCUT2D eigenvalue weighted by Gasteiger charge is -2.08. The van der Waals surface area contributed by atoms with Crippen LogP contribution in [0.1, 0.15) is 11.1 Å². The number of benzene rings is 1. The number of alkyl halides is 3. The molecule has 0 radical (unpaired) electrons. The minimum absolute atomic E-state index is 0.149. The molecule has 3 aromatic heterocycles. The van der Waals surface area contributed by atoms with E-state index in [0.29, 0.717) is 12.0 Å². The van der Waals surface area contributed by atoms with Crippen LogP contribution in [0.5, 0.6) is 0 Å². The first-order valence-corrected chi connectivity index (χ1v) is 8.20. The van der Waals surface area contributed by atoms with Crippen molar-refractivity contribution in [3.63, 3.8) is 0 Å². The largest absolute Gasteiger partial charge is 0.416 e. The van der Waals surface area contributed by atoms with E-state index in [0.717, 1.165) is 16.7 Å². The highest BCUT2D eigenvalue weighted by Crippen LogP contribution is 2.29. The Morgan fingerprint density at radius 2 is 2.00 bits per heavy atom. The quantitative estimate of drug-likeness (QED) is 0.555. The number of hydrogen-bond donors (Lipinski definition) is 2. The number of nitrogens with one attached hydrogen (secondary N) is 2. The third-order valence-electron chi connectivity index (χ3n) is 4.25. The van der Waals surface area contributed by atoms with Crippen LogP contribution in [0.3, 0.4) is 0 Å². The lowest BCUT2D eigenvalue weighted by Crippen LogP contribution is -2.33. The fraction of sp³-hybridized carbons (Fsp3) is 0.176. The summed E-state index contributed by atoms with van der Waals surface area (Å²) in [4.78, 5) is 33.6. The number of aromatic amines is 2. The molecule has 0 saturated heterocycles.